The Morgan fingerprint density at radius 3 is 2.79 bits per heavy atom. The van der Waals surface area contributed by atoms with E-state index in [4.69, 9.17) is 4.74 Å². The number of benzene rings is 1. The summed E-state index contributed by atoms with van der Waals surface area (Å²) in [6.07, 6.45) is 6.96. The first-order chi connectivity index (χ1) is 9.29. The first-order valence-corrected chi connectivity index (χ1v) is 7.72. The fourth-order valence-electron chi connectivity index (χ4n) is 2.78. The van der Waals surface area contributed by atoms with Crippen LogP contribution in [0.3, 0.4) is 0 Å². The third-order valence-electron chi connectivity index (χ3n) is 3.83. The van der Waals surface area contributed by atoms with Crippen molar-refractivity contribution in [3.63, 3.8) is 0 Å². The van der Waals surface area contributed by atoms with E-state index in [0.717, 1.165) is 13.1 Å². The maximum absolute atomic E-state index is 6.34. The van der Waals surface area contributed by atoms with Crippen LogP contribution < -0.4 is 5.32 Å². The van der Waals surface area contributed by atoms with Crippen molar-refractivity contribution in [2.24, 2.45) is 0 Å². The fourth-order valence-corrected chi connectivity index (χ4v) is 2.78. The third kappa shape index (κ3) is 4.63. The van der Waals surface area contributed by atoms with Gasteiger partial charge in [-0.25, -0.2) is 0 Å². The number of ether oxygens (including phenoxy) is 1. The minimum absolute atomic E-state index is 0.203. The molecule has 2 nitrogen and oxygen atoms in total. The van der Waals surface area contributed by atoms with E-state index in [1.807, 2.05) is 0 Å². The molecular formula is C17H27NO. The van der Waals surface area contributed by atoms with Gasteiger partial charge >= 0.3 is 0 Å². The van der Waals surface area contributed by atoms with Crippen molar-refractivity contribution >= 4 is 0 Å². The van der Waals surface area contributed by atoms with Gasteiger partial charge in [-0.2, -0.15) is 0 Å². The first kappa shape index (κ1) is 14.5. The zero-order valence-electron chi connectivity index (χ0n) is 12.3. The zero-order valence-corrected chi connectivity index (χ0v) is 12.3. The Hall–Kier alpha value is -0.860. The Balaban J connectivity index is 1.99. The minimum atomic E-state index is 0.203. The predicted molar refractivity (Wildman–Crippen MR) is 80.4 cm³/mol. The van der Waals surface area contributed by atoms with Gasteiger partial charge in [-0.05, 0) is 38.3 Å². The first-order valence-electron chi connectivity index (χ1n) is 7.72. The van der Waals surface area contributed by atoms with Crippen LogP contribution in [-0.4, -0.2) is 19.2 Å². The summed E-state index contributed by atoms with van der Waals surface area (Å²) in [6, 6.07) is 8.73. The van der Waals surface area contributed by atoms with E-state index in [-0.39, 0.29) is 6.10 Å². The van der Waals surface area contributed by atoms with Crippen LogP contribution in [0.5, 0.6) is 0 Å². The van der Waals surface area contributed by atoms with E-state index < -0.39 is 0 Å². The van der Waals surface area contributed by atoms with Gasteiger partial charge in [-0.3, -0.25) is 0 Å². The van der Waals surface area contributed by atoms with Crippen LogP contribution >= 0.6 is 0 Å². The fraction of sp³-hybridized carbons (Fsp3) is 0.647. The molecule has 1 aliphatic rings. The van der Waals surface area contributed by atoms with Gasteiger partial charge in [0.1, 0.15) is 0 Å². The van der Waals surface area contributed by atoms with Crippen molar-refractivity contribution in [2.45, 2.75) is 58.2 Å². The highest BCUT2D eigenvalue weighted by Crippen LogP contribution is 2.27. The number of rotatable bonds is 7. The lowest BCUT2D eigenvalue weighted by atomic mass is 10.1. The molecule has 0 spiro atoms. The smallest absolute Gasteiger partial charge is 0.0953 e. The molecular weight excluding hydrogens is 234 g/mol. The summed E-state index contributed by atoms with van der Waals surface area (Å²) >= 11 is 0. The summed E-state index contributed by atoms with van der Waals surface area (Å²) < 4.78 is 6.34. The van der Waals surface area contributed by atoms with E-state index in [1.54, 1.807) is 0 Å². The van der Waals surface area contributed by atoms with E-state index in [1.165, 1.54) is 43.2 Å². The number of nitrogens with one attached hydrogen (secondary N) is 1. The van der Waals surface area contributed by atoms with E-state index in [9.17, 15) is 0 Å². The standard InChI is InChI=1S/C17H27NO/c1-3-11-18-13-17(19-16-9-4-5-10-16)15-8-6-7-14(2)12-15/h6-8,12,16-18H,3-5,9-11,13H2,1-2H3. The Bertz CT molecular complexity index is 371. The predicted octanol–water partition coefficient (Wildman–Crippen LogP) is 3.99. The van der Waals surface area contributed by atoms with Crippen molar-refractivity contribution < 1.29 is 4.74 Å². The third-order valence-corrected chi connectivity index (χ3v) is 3.83. The van der Waals surface area contributed by atoms with Crippen molar-refractivity contribution in [2.75, 3.05) is 13.1 Å². The normalized spacial score (nSPS) is 17.8. The molecule has 0 saturated heterocycles. The van der Waals surface area contributed by atoms with Gasteiger partial charge < -0.3 is 10.1 Å². The molecule has 0 heterocycles. The second kappa shape index (κ2) is 7.66. The monoisotopic (exact) mass is 261 g/mol. The van der Waals surface area contributed by atoms with Gasteiger partial charge in [0.25, 0.3) is 0 Å². The second-order valence-corrected chi connectivity index (χ2v) is 5.65. The van der Waals surface area contributed by atoms with Crippen LogP contribution in [-0.2, 0) is 4.74 Å². The molecule has 1 aliphatic carbocycles. The summed E-state index contributed by atoms with van der Waals surface area (Å²) in [7, 11) is 0. The molecule has 2 heteroatoms. The van der Waals surface area contributed by atoms with Crippen LogP contribution in [0.4, 0.5) is 0 Å². The zero-order chi connectivity index (χ0) is 13.5. The minimum Gasteiger partial charge on any atom is -0.369 e. The summed E-state index contributed by atoms with van der Waals surface area (Å²) in [6.45, 7) is 6.34. The van der Waals surface area contributed by atoms with Gasteiger partial charge in [-0.1, -0.05) is 49.6 Å². The molecule has 1 N–H and O–H groups in total. The molecule has 2 rings (SSSR count). The van der Waals surface area contributed by atoms with Gasteiger partial charge in [0.15, 0.2) is 0 Å². The molecule has 0 radical (unpaired) electrons. The van der Waals surface area contributed by atoms with Crippen LogP contribution in [0.2, 0.25) is 0 Å². The lowest BCUT2D eigenvalue weighted by molar-refractivity contribution is -0.00866. The number of hydrogen-bond acceptors (Lipinski definition) is 2. The highest BCUT2D eigenvalue weighted by atomic mass is 16.5. The van der Waals surface area contributed by atoms with Gasteiger partial charge in [-0.15, -0.1) is 0 Å². The number of hydrogen-bond donors (Lipinski definition) is 1. The molecule has 1 aromatic carbocycles. The maximum atomic E-state index is 6.34. The highest BCUT2D eigenvalue weighted by molar-refractivity contribution is 5.24. The average Bonchev–Trinajstić information content (AvgIpc) is 2.91. The Kier molecular flexibility index (Phi) is 5.87. The molecule has 1 aromatic rings. The van der Waals surface area contributed by atoms with Crippen LogP contribution in [0, 0.1) is 6.92 Å². The molecule has 1 fully saturated rings. The molecule has 19 heavy (non-hydrogen) atoms. The molecule has 0 aromatic heterocycles. The molecule has 0 amide bonds. The van der Waals surface area contributed by atoms with Crippen LogP contribution in [0.25, 0.3) is 0 Å². The molecule has 0 bridgehead atoms. The molecule has 0 aliphatic heterocycles. The lowest BCUT2D eigenvalue weighted by Crippen LogP contribution is -2.26. The second-order valence-electron chi connectivity index (χ2n) is 5.65. The number of aryl methyl sites for hydroxylation is 1. The van der Waals surface area contributed by atoms with Gasteiger partial charge in [0.05, 0.1) is 12.2 Å². The van der Waals surface area contributed by atoms with E-state index in [0.29, 0.717) is 6.10 Å². The summed E-state index contributed by atoms with van der Waals surface area (Å²) in [5.74, 6) is 0. The molecule has 1 atom stereocenters. The average molecular weight is 261 g/mol. The lowest BCUT2D eigenvalue weighted by Gasteiger charge is -2.23. The van der Waals surface area contributed by atoms with Crippen molar-refractivity contribution in [1.29, 1.82) is 0 Å². The molecule has 1 saturated carbocycles. The highest BCUT2D eigenvalue weighted by Gasteiger charge is 2.21. The van der Waals surface area contributed by atoms with Gasteiger partial charge in [0, 0.05) is 6.54 Å². The quantitative estimate of drug-likeness (QED) is 0.749. The summed E-state index contributed by atoms with van der Waals surface area (Å²) in [5, 5.41) is 3.50. The molecule has 106 valence electrons. The SMILES string of the molecule is CCCNCC(OC1CCCC1)c1cccc(C)c1. The van der Waals surface area contributed by atoms with Crippen molar-refractivity contribution in [3.8, 4) is 0 Å². The largest absolute Gasteiger partial charge is 0.369 e. The van der Waals surface area contributed by atoms with E-state index >= 15 is 0 Å². The maximum Gasteiger partial charge on any atom is 0.0953 e. The summed E-state index contributed by atoms with van der Waals surface area (Å²) in [4.78, 5) is 0. The Labute approximate surface area is 117 Å². The molecule has 1 unspecified atom stereocenters. The van der Waals surface area contributed by atoms with Crippen molar-refractivity contribution in [3.05, 3.63) is 35.4 Å². The van der Waals surface area contributed by atoms with Gasteiger partial charge in [0.2, 0.25) is 0 Å². The van der Waals surface area contributed by atoms with Crippen LogP contribution in [0.1, 0.15) is 56.3 Å². The Morgan fingerprint density at radius 2 is 2.11 bits per heavy atom. The van der Waals surface area contributed by atoms with Crippen molar-refractivity contribution in [1.82, 2.24) is 5.32 Å². The Morgan fingerprint density at radius 1 is 1.32 bits per heavy atom. The summed E-state index contributed by atoms with van der Waals surface area (Å²) in [5.41, 5.74) is 2.63. The van der Waals surface area contributed by atoms with Crippen LogP contribution in [0.15, 0.2) is 24.3 Å². The van der Waals surface area contributed by atoms with E-state index in [2.05, 4.69) is 43.4 Å². The topological polar surface area (TPSA) is 21.3 Å².